The highest BCUT2D eigenvalue weighted by atomic mass is 16.5. The van der Waals surface area contributed by atoms with E-state index in [-0.39, 0.29) is 12.1 Å². The number of aliphatic hydroxyl groups excluding tert-OH is 2. The van der Waals surface area contributed by atoms with Crippen LogP contribution in [0.4, 0.5) is 0 Å². The van der Waals surface area contributed by atoms with Crippen molar-refractivity contribution in [2.75, 3.05) is 6.54 Å². The second-order valence-electron chi connectivity index (χ2n) is 6.76. The molecule has 5 nitrogen and oxygen atoms in total. The molecule has 3 N–H and O–H groups in total. The number of aromatic nitrogens is 1. The monoisotopic (exact) mass is 330 g/mol. The van der Waals surface area contributed by atoms with Crippen LogP contribution in [0.3, 0.4) is 0 Å². The molecule has 1 atom stereocenters. The number of β-amino-alcohol motifs (C(OH)–C–C–N with tert-alkyl or cyclic N) is 1. The predicted molar refractivity (Wildman–Crippen MR) is 93.6 cm³/mol. The smallest absolute Gasteiger partial charge is 0.143 e. The molecule has 0 saturated heterocycles. The van der Waals surface area contributed by atoms with Gasteiger partial charge < -0.3 is 20.3 Å². The number of benzene rings is 1. The van der Waals surface area contributed by atoms with Crippen LogP contribution in [-0.2, 0) is 13.2 Å². The van der Waals surface area contributed by atoms with Gasteiger partial charge in [0, 0.05) is 12.1 Å². The third-order valence-electron chi connectivity index (χ3n) is 3.51. The van der Waals surface area contributed by atoms with Gasteiger partial charge in [0.05, 0.1) is 12.3 Å². The molecule has 0 aliphatic rings. The molecule has 2 rings (SSSR count). The molecule has 0 bridgehead atoms. The first-order valence-electron chi connectivity index (χ1n) is 8.09. The molecule has 0 aliphatic carbocycles. The van der Waals surface area contributed by atoms with Crippen molar-refractivity contribution in [3.8, 4) is 5.75 Å². The lowest BCUT2D eigenvalue weighted by Gasteiger charge is -2.23. The number of hydrogen-bond donors (Lipinski definition) is 3. The normalized spacial score (nSPS) is 12.9. The molecular formula is C19H26N2O3. The van der Waals surface area contributed by atoms with Crippen LogP contribution in [0.5, 0.6) is 5.75 Å². The van der Waals surface area contributed by atoms with Crippen molar-refractivity contribution < 1.29 is 14.9 Å². The van der Waals surface area contributed by atoms with E-state index in [1.54, 1.807) is 12.1 Å². The Kier molecular flexibility index (Phi) is 6.31. The van der Waals surface area contributed by atoms with E-state index >= 15 is 0 Å². The van der Waals surface area contributed by atoms with Gasteiger partial charge in [-0.05, 0) is 38.5 Å². The van der Waals surface area contributed by atoms with Gasteiger partial charge in [-0.2, -0.15) is 0 Å². The molecule has 0 radical (unpaired) electrons. The van der Waals surface area contributed by atoms with Crippen molar-refractivity contribution in [1.29, 1.82) is 0 Å². The van der Waals surface area contributed by atoms with Gasteiger partial charge in [0.2, 0.25) is 0 Å². The van der Waals surface area contributed by atoms with E-state index in [9.17, 15) is 10.2 Å². The largest absolute Gasteiger partial charge is 0.487 e. The van der Waals surface area contributed by atoms with Crippen molar-refractivity contribution >= 4 is 0 Å². The summed E-state index contributed by atoms with van der Waals surface area (Å²) in [7, 11) is 0. The van der Waals surface area contributed by atoms with Crippen molar-refractivity contribution in [3.63, 3.8) is 0 Å². The lowest BCUT2D eigenvalue weighted by atomic mass is 10.1. The molecule has 0 aliphatic heterocycles. The van der Waals surface area contributed by atoms with E-state index < -0.39 is 6.10 Å². The predicted octanol–water partition coefficient (Wildman–Crippen LogP) is 2.57. The van der Waals surface area contributed by atoms with Gasteiger partial charge in [-0.1, -0.05) is 30.3 Å². The molecule has 1 unspecified atom stereocenters. The lowest BCUT2D eigenvalue weighted by Crippen LogP contribution is -2.38. The van der Waals surface area contributed by atoms with Gasteiger partial charge in [-0.3, -0.25) is 0 Å². The Morgan fingerprint density at radius 2 is 1.83 bits per heavy atom. The highest BCUT2D eigenvalue weighted by molar-refractivity contribution is 5.30. The molecule has 1 aromatic carbocycles. The van der Waals surface area contributed by atoms with E-state index in [0.29, 0.717) is 30.3 Å². The van der Waals surface area contributed by atoms with Crippen LogP contribution in [0.2, 0.25) is 0 Å². The molecule has 0 saturated carbocycles. The van der Waals surface area contributed by atoms with Crippen molar-refractivity contribution in [2.45, 2.75) is 45.6 Å². The van der Waals surface area contributed by atoms with Gasteiger partial charge in [0.15, 0.2) is 0 Å². The van der Waals surface area contributed by atoms with Crippen molar-refractivity contribution in [1.82, 2.24) is 10.3 Å². The Hall–Kier alpha value is -1.95. The van der Waals surface area contributed by atoms with E-state index in [0.717, 1.165) is 5.56 Å². The standard InChI is InChI=1S/C19H26N2O3/c1-19(2,3)20-11-17(23)15-9-10-18(16(12-22)21-15)24-13-14-7-5-4-6-8-14/h4-10,17,20,22-23H,11-13H2,1-3H3. The van der Waals surface area contributed by atoms with E-state index in [1.165, 1.54) is 0 Å². The van der Waals surface area contributed by atoms with Crippen LogP contribution in [0.1, 0.15) is 43.8 Å². The van der Waals surface area contributed by atoms with Crippen molar-refractivity contribution in [3.05, 3.63) is 59.4 Å². The number of rotatable bonds is 7. The Balaban J connectivity index is 2.04. The molecule has 0 fully saturated rings. The van der Waals surface area contributed by atoms with Crippen LogP contribution < -0.4 is 10.1 Å². The third-order valence-corrected chi connectivity index (χ3v) is 3.51. The Bertz CT molecular complexity index is 639. The summed E-state index contributed by atoms with van der Waals surface area (Å²) >= 11 is 0. The molecule has 0 spiro atoms. The van der Waals surface area contributed by atoms with E-state index in [4.69, 9.17) is 4.74 Å². The molecule has 130 valence electrons. The summed E-state index contributed by atoms with van der Waals surface area (Å²) < 4.78 is 5.74. The summed E-state index contributed by atoms with van der Waals surface area (Å²) in [6.45, 7) is 6.67. The summed E-state index contributed by atoms with van der Waals surface area (Å²) in [5.41, 5.74) is 1.90. The first-order chi connectivity index (χ1) is 11.4. The SMILES string of the molecule is CC(C)(C)NCC(O)c1ccc(OCc2ccccc2)c(CO)n1. The fraction of sp³-hybridized carbons (Fsp3) is 0.421. The zero-order valence-electron chi connectivity index (χ0n) is 14.5. The summed E-state index contributed by atoms with van der Waals surface area (Å²) in [6, 6.07) is 13.3. The number of pyridine rings is 1. The van der Waals surface area contributed by atoms with Crippen molar-refractivity contribution in [2.24, 2.45) is 0 Å². The Morgan fingerprint density at radius 1 is 1.12 bits per heavy atom. The van der Waals surface area contributed by atoms with Gasteiger partial charge in [0.25, 0.3) is 0 Å². The molecule has 2 aromatic rings. The Morgan fingerprint density at radius 3 is 2.46 bits per heavy atom. The summed E-state index contributed by atoms with van der Waals surface area (Å²) in [5, 5.41) is 23.0. The maximum atomic E-state index is 10.3. The van der Waals surface area contributed by atoms with Gasteiger partial charge in [-0.15, -0.1) is 0 Å². The fourth-order valence-corrected chi connectivity index (χ4v) is 2.18. The van der Waals surface area contributed by atoms with Crippen LogP contribution in [0.15, 0.2) is 42.5 Å². The quantitative estimate of drug-likeness (QED) is 0.727. The number of nitrogens with zero attached hydrogens (tertiary/aromatic N) is 1. The topological polar surface area (TPSA) is 74.6 Å². The van der Waals surface area contributed by atoms with Gasteiger partial charge >= 0.3 is 0 Å². The summed E-state index contributed by atoms with van der Waals surface area (Å²) in [4.78, 5) is 4.34. The third kappa shape index (κ3) is 5.60. The number of hydrogen-bond acceptors (Lipinski definition) is 5. The minimum Gasteiger partial charge on any atom is -0.487 e. The van der Waals surface area contributed by atoms with Gasteiger partial charge in [0.1, 0.15) is 24.2 Å². The molecule has 5 heteroatoms. The minimum absolute atomic E-state index is 0.0838. The highest BCUT2D eigenvalue weighted by Crippen LogP contribution is 2.21. The Labute approximate surface area is 143 Å². The molecule has 1 aromatic heterocycles. The lowest BCUT2D eigenvalue weighted by molar-refractivity contribution is 0.157. The first-order valence-corrected chi connectivity index (χ1v) is 8.09. The maximum absolute atomic E-state index is 10.3. The fourth-order valence-electron chi connectivity index (χ4n) is 2.18. The zero-order chi connectivity index (χ0) is 17.6. The molecule has 0 amide bonds. The second kappa shape index (κ2) is 8.24. The average molecular weight is 330 g/mol. The number of nitrogens with one attached hydrogen (secondary N) is 1. The highest BCUT2D eigenvalue weighted by Gasteiger charge is 2.16. The van der Waals surface area contributed by atoms with E-state index in [1.807, 2.05) is 51.1 Å². The second-order valence-corrected chi connectivity index (χ2v) is 6.76. The van der Waals surface area contributed by atoms with Crippen LogP contribution in [-0.4, -0.2) is 27.3 Å². The summed E-state index contributed by atoms with van der Waals surface area (Å²) in [6.07, 6.45) is -0.738. The van der Waals surface area contributed by atoms with Gasteiger partial charge in [-0.25, -0.2) is 4.98 Å². The maximum Gasteiger partial charge on any atom is 0.143 e. The molecular weight excluding hydrogens is 304 g/mol. The van der Waals surface area contributed by atoms with Crippen LogP contribution in [0.25, 0.3) is 0 Å². The van der Waals surface area contributed by atoms with Crippen LogP contribution >= 0.6 is 0 Å². The average Bonchev–Trinajstić information content (AvgIpc) is 2.58. The molecule has 24 heavy (non-hydrogen) atoms. The zero-order valence-corrected chi connectivity index (χ0v) is 14.5. The van der Waals surface area contributed by atoms with Crippen LogP contribution in [0, 0.1) is 0 Å². The first kappa shape index (κ1) is 18.4. The number of aliphatic hydroxyl groups is 2. The minimum atomic E-state index is -0.738. The molecule has 1 heterocycles. The summed E-state index contributed by atoms with van der Waals surface area (Å²) in [5.74, 6) is 0.529. The van der Waals surface area contributed by atoms with E-state index in [2.05, 4.69) is 10.3 Å². The number of ether oxygens (including phenoxy) is 1.